The normalized spacial score (nSPS) is 9.88. The monoisotopic (exact) mass is 333 g/mol. The van der Waals surface area contributed by atoms with Gasteiger partial charge in [-0.3, -0.25) is 0 Å². The van der Waals surface area contributed by atoms with Crippen molar-refractivity contribution in [2.75, 3.05) is 4.43 Å². The van der Waals surface area contributed by atoms with Crippen molar-refractivity contribution in [1.82, 2.24) is 0 Å². The van der Waals surface area contributed by atoms with Crippen LogP contribution in [0.4, 0.5) is 0 Å². The van der Waals surface area contributed by atoms with E-state index in [1.54, 1.807) is 0 Å². The molecule has 0 radical (unpaired) electrons. The minimum absolute atomic E-state index is 0.731. The molecule has 0 aromatic heterocycles. The second-order valence-corrected chi connectivity index (χ2v) is 4.87. The highest BCUT2D eigenvalue weighted by Gasteiger charge is 2.03. The van der Waals surface area contributed by atoms with Gasteiger partial charge < -0.3 is 0 Å². The molecular weight excluding hydrogens is 321 g/mol. The van der Waals surface area contributed by atoms with Crippen molar-refractivity contribution < 1.29 is 0 Å². The third-order valence-electron chi connectivity index (χ3n) is 2.70. The third-order valence-corrected chi connectivity index (χ3v) is 3.23. The predicted molar refractivity (Wildman–Crippen MR) is 79.2 cm³/mol. The topological polar surface area (TPSA) is 23.8 Å². The van der Waals surface area contributed by atoms with E-state index in [-0.39, 0.29) is 0 Å². The molecule has 84 valence electrons. The van der Waals surface area contributed by atoms with Gasteiger partial charge in [0.25, 0.3) is 0 Å². The predicted octanol–water partition coefficient (Wildman–Crippen LogP) is 4.20. The smallest absolute Gasteiger partial charge is 0.0998 e. The summed E-state index contributed by atoms with van der Waals surface area (Å²) < 4.78 is 1.13. The summed E-state index contributed by atoms with van der Waals surface area (Å²) in [6.07, 6.45) is 1.10. The number of halogens is 1. The van der Waals surface area contributed by atoms with Crippen molar-refractivity contribution in [3.05, 3.63) is 59.7 Å². The second kappa shape index (κ2) is 5.83. The Hall–Kier alpha value is -1.34. The van der Waals surface area contributed by atoms with Crippen LogP contribution in [0.2, 0.25) is 0 Å². The first-order valence-corrected chi connectivity index (χ1v) is 7.02. The molecule has 0 amide bonds. The highest BCUT2D eigenvalue weighted by molar-refractivity contribution is 14.1. The Labute approximate surface area is 115 Å². The molecule has 0 N–H and O–H groups in total. The lowest BCUT2D eigenvalue weighted by atomic mass is 9.99. The minimum atomic E-state index is 0.731. The molecule has 17 heavy (non-hydrogen) atoms. The van der Waals surface area contributed by atoms with Gasteiger partial charge in [0.05, 0.1) is 11.6 Å². The number of benzene rings is 2. The van der Waals surface area contributed by atoms with Gasteiger partial charge in [0.2, 0.25) is 0 Å². The van der Waals surface area contributed by atoms with Crippen molar-refractivity contribution in [2.24, 2.45) is 0 Å². The summed E-state index contributed by atoms with van der Waals surface area (Å²) in [5.74, 6) is 0. The van der Waals surface area contributed by atoms with E-state index in [1.165, 1.54) is 5.56 Å². The fourth-order valence-corrected chi connectivity index (χ4v) is 2.42. The Balaban J connectivity index is 2.37. The lowest BCUT2D eigenvalue weighted by Gasteiger charge is -2.05. The lowest BCUT2D eigenvalue weighted by molar-refractivity contribution is 1.18. The van der Waals surface area contributed by atoms with Gasteiger partial charge in [0.1, 0.15) is 0 Å². The highest BCUT2D eigenvalue weighted by atomic mass is 127. The molecule has 2 heteroatoms. The molecule has 0 aliphatic rings. The first-order valence-electron chi connectivity index (χ1n) is 5.49. The van der Waals surface area contributed by atoms with Crippen molar-refractivity contribution in [1.29, 1.82) is 5.26 Å². The van der Waals surface area contributed by atoms with Crippen LogP contribution in [-0.2, 0) is 6.42 Å². The summed E-state index contributed by atoms with van der Waals surface area (Å²) in [7, 11) is 0. The quantitative estimate of drug-likeness (QED) is 0.610. The zero-order valence-electron chi connectivity index (χ0n) is 9.36. The average Bonchev–Trinajstić information content (AvgIpc) is 2.40. The zero-order chi connectivity index (χ0) is 12.1. The maximum absolute atomic E-state index is 9.07. The third kappa shape index (κ3) is 2.86. The number of hydrogen-bond acceptors (Lipinski definition) is 1. The van der Waals surface area contributed by atoms with Gasteiger partial charge in [0, 0.05) is 4.43 Å². The molecule has 0 unspecified atom stereocenters. The number of hydrogen-bond donors (Lipinski definition) is 0. The number of alkyl halides is 1. The Morgan fingerprint density at radius 3 is 2.35 bits per heavy atom. The Bertz CT molecular complexity index is 538. The van der Waals surface area contributed by atoms with Gasteiger partial charge in [-0.25, -0.2) is 0 Å². The fraction of sp³-hybridized carbons (Fsp3) is 0.133. The van der Waals surface area contributed by atoms with E-state index in [4.69, 9.17) is 5.26 Å². The van der Waals surface area contributed by atoms with Crippen LogP contribution in [-0.4, -0.2) is 4.43 Å². The molecule has 1 nitrogen and oxygen atoms in total. The Morgan fingerprint density at radius 2 is 1.71 bits per heavy atom. The van der Waals surface area contributed by atoms with Crippen LogP contribution in [0.1, 0.15) is 11.1 Å². The van der Waals surface area contributed by atoms with Gasteiger partial charge in [-0.1, -0.05) is 65.1 Å². The van der Waals surface area contributed by atoms with Crippen LogP contribution < -0.4 is 0 Å². The van der Waals surface area contributed by atoms with Crippen molar-refractivity contribution in [3.63, 3.8) is 0 Å². The fourth-order valence-electron chi connectivity index (χ4n) is 1.79. The summed E-state index contributed by atoms with van der Waals surface area (Å²) in [5, 5.41) is 9.07. The summed E-state index contributed by atoms with van der Waals surface area (Å²) >= 11 is 2.38. The van der Waals surface area contributed by atoms with Crippen LogP contribution in [0.15, 0.2) is 48.5 Å². The molecule has 0 heterocycles. The highest BCUT2D eigenvalue weighted by Crippen LogP contribution is 2.23. The van der Waals surface area contributed by atoms with Gasteiger partial charge >= 0.3 is 0 Å². The summed E-state index contributed by atoms with van der Waals surface area (Å²) in [6, 6.07) is 18.4. The molecule has 0 saturated heterocycles. The molecule has 0 saturated carbocycles. The maximum Gasteiger partial charge on any atom is 0.0998 e. The molecular formula is C15H12IN. The SMILES string of the molecule is N#Cc1ccccc1-c1ccc(CCI)cc1. The number of aryl methyl sites for hydroxylation is 1. The van der Waals surface area contributed by atoms with E-state index >= 15 is 0 Å². The minimum Gasteiger partial charge on any atom is -0.192 e. The Kier molecular flexibility index (Phi) is 4.16. The largest absolute Gasteiger partial charge is 0.192 e. The molecule has 0 aliphatic carbocycles. The van der Waals surface area contributed by atoms with E-state index in [0.29, 0.717) is 0 Å². The zero-order valence-corrected chi connectivity index (χ0v) is 11.5. The average molecular weight is 333 g/mol. The summed E-state index contributed by atoms with van der Waals surface area (Å²) in [5.41, 5.74) is 4.20. The molecule has 0 fully saturated rings. The van der Waals surface area contributed by atoms with Gasteiger partial charge in [-0.2, -0.15) is 5.26 Å². The van der Waals surface area contributed by atoms with Crippen LogP contribution in [0.25, 0.3) is 11.1 Å². The Morgan fingerprint density at radius 1 is 1.00 bits per heavy atom. The number of rotatable bonds is 3. The standard InChI is InChI=1S/C15H12IN/c16-10-9-12-5-7-13(8-6-12)15-4-2-1-3-14(15)11-17/h1-8H,9-10H2. The van der Waals surface area contributed by atoms with E-state index in [9.17, 15) is 0 Å². The maximum atomic E-state index is 9.07. The van der Waals surface area contributed by atoms with Gasteiger partial charge in [0.15, 0.2) is 0 Å². The molecule has 0 atom stereocenters. The lowest BCUT2D eigenvalue weighted by Crippen LogP contribution is -1.87. The van der Waals surface area contributed by atoms with Crippen LogP contribution in [0.5, 0.6) is 0 Å². The number of nitrogens with zero attached hydrogens (tertiary/aromatic N) is 1. The van der Waals surface area contributed by atoms with E-state index < -0.39 is 0 Å². The second-order valence-electron chi connectivity index (χ2n) is 3.79. The van der Waals surface area contributed by atoms with E-state index in [1.807, 2.05) is 24.3 Å². The van der Waals surface area contributed by atoms with Gasteiger partial charge in [-0.15, -0.1) is 0 Å². The van der Waals surface area contributed by atoms with Gasteiger partial charge in [-0.05, 0) is 29.2 Å². The van der Waals surface area contributed by atoms with Crippen molar-refractivity contribution in [2.45, 2.75) is 6.42 Å². The summed E-state index contributed by atoms with van der Waals surface area (Å²) in [4.78, 5) is 0. The van der Waals surface area contributed by atoms with E-state index in [0.717, 1.165) is 27.5 Å². The molecule has 0 spiro atoms. The van der Waals surface area contributed by atoms with Crippen LogP contribution in [0.3, 0.4) is 0 Å². The molecule has 0 aliphatic heterocycles. The molecule has 2 aromatic rings. The first kappa shape index (κ1) is 12.1. The van der Waals surface area contributed by atoms with Crippen LogP contribution in [0, 0.1) is 11.3 Å². The molecule has 0 bridgehead atoms. The van der Waals surface area contributed by atoms with Crippen molar-refractivity contribution >= 4 is 22.6 Å². The summed E-state index contributed by atoms with van der Waals surface area (Å²) in [6.45, 7) is 0. The van der Waals surface area contributed by atoms with Crippen molar-refractivity contribution in [3.8, 4) is 17.2 Å². The molecule has 2 rings (SSSR count). The first-order chi connectivity index (χ1) is 8.35. The van der Waals surface area contributed by atoms with Crippen LogP contribution >= 0.6 is 22.6 Å². The molecule has 2 aromatic carbocycles. The van der Waals surface area contributed by atoms with E-state index in [2.05, 4.69) is 52.9 Å². The number of nitriles is 1.